The van der Waals surface area contributed by atoms with Gasteiger partial charge in [-0.25, -0.2) is 4.98 Å². The first-order valence-corrected chi connectivity index (χ1v) is 8.95. The molecule has 0 bridgehead atoms. The fourth-order valence-corrected chi connectivity index (χ4v) is 3.51. The van der Waals surface area contributed by atoms with Crippen molar-refractivity contribution in [1.82, 2.24) is 14.5 Å². The van der Waals surface area contributed by atoms with Crippen molar-refractivity contribution in [3.63, 3.8) is 0 Å². The van der Waals surface area contributed by atoms with Crippen LogP contribution >= 0.6 is 23.4 Å². The molecule has 3 rings (SSSR count). The molecule has 7 heteroatoms. The highest BCUT2D eigenvalue weighted by molar-refractivity contribution is 7.99. The highest BCUT2D eigenvalue weighted by atomic mass is 35.5. The van der Waals surface area contributed by atoms with Gasteiger partial charge in [-0.3, -0.25) is 14.2 Å². The second-order valence-corrected chi connectivity index (χ2v) is 6.93. The second kappa shape index (κ2) is 7.29. The van der Waals surface area contributed by atoms with Gasteiger partial charge in [0.2, 0.25) is 5.91 Å². The molecular weight excluding hydrogens is 358 g/mol. The van der Waals surface area contributed by atoms with E-state index in [2.05, 4.69) is 4.98 Å². The van der Waals surface area contributed by atoms with Gasteiger partial charge >= 0.3 is 0 Å². The van der Waals surface area contributed by atoms with Crippen molar-refractivity contribution in [1.29, 1.82) is 0 Å². The molecule has 1 aromatic heterocycles. The zero-order valence-corrected chi connectivity index (χ0v) is 15.3. The molecule has 0 aliphatic rings. The van der Waals surface area contributed by atoms with Crippen molar-refractivity contribution in [3.05, 3.63) is 63.9 Å². The van der Waals surface area contributed by atoms with E-state index in [1.165, 1.54) is 21.2 Å². The molecule has 0 unspecified atom stereocenters. The topological polar surface area (TPSA) is 55.2 Å². The van der Waals surface area contributed by atoms with Gasteiger partial charge in [-0.2, -0.15) is 0 Å². The number of amides is 1. The Morgan fingerprint density at radius 2 is 1.84 bits per heavy atom. The van der Waals surface area contributed by atoms with E-state index in [9.17, 15) is 9.59 Å². The number of aromatic nitrogens is 2. The van der Waals surface area contributed by atoms with Gasteiger partial charge in [-0.15, -0.1) is 0 Å². The maximum atomic E-state index is 13.0. The van der Waals surface area contributed by atoms with Crippen LogP contribution in [0.25, 0.3) is 16.6 Å². The Morgan fingerprint density at radius 3 is 2.56 bits per heavy atom. The minimum Gasteiger partial charge on any atom is -0.348 e. The lowest BCUT2D eigenvalue weighted by atomic mass is 10.2. The smallest absolute Gasteiger partial charge is 0.266 e. The summed E-state index contributed by atoms with van der Waals surface area (Å²) in [6.07, 6.45) is 0. The summed E-state index contributed by atoms with van der Waals surface area (Å²) in [7, 11) is 3.38. The van der Waals surface area contributed by atoms with Crippen LogP contribution in [0, 0.1) is 0 Å². The Labute approximate surface area is 154 Å². The molecule has 0 radical (unpaired) electrons. The summed E-state index contributed by atoms with van der Waals surface area (Å²) in [5.74, 6) is 0.125. The van der Waals surface area contributed by atoms with Crippen molar-refractivity contribution in [2.24, 2.45) is 0 Å². The minimum atomic E-state index is -0.210. The monoisotopic (exact) mass is 373 g/mol. The van der Waals surface area contributed by atoms with E-state index in [4.69, 9.17) is 11.6 Å². The third-order valence-corrected chi connectivity index (χ3v) is 4.90. The minimum absolute atomic E-state index is 0.0573. The molecule has 0 saturated carbocycles. The molecule has 0 fully saturated rings. The largest absolute Gasteiger partial charge is 0.348 e. The summed E-state index contributed by atoms with van der Waals surface area (Å²) in [6, 6.07) is 14.2. The molecule has 25 heavy (non-hydrogen) atoms. The van der Waals surface area contributed by atoms with E-state index < -0.39 is 0 Å². The maximum absolute atomic E-state index is 13.0. The lowest BCUT2D eigenvalue weighted by Gasteiger charge is -2.15. The SMILES string of the molecule is CN(C)C(=O)CSc1nc2ccccc2c(=O)n1-c1ccccc1Cl. The van der Waals surface area contributed by atoms with Crippen molar-refractivity contribution in [2.75, 3.05) is 19.8 Å². The fraction of sp³-hybridized carbons (Fsp3) is 0.167. The molecule has 0 aliphatic heterocycles. The molecule has 0 atom stereocenters. The zero-order chi connectivity index (χ0) is 18.0. The van der Waals surface area contributed by atoms with E-state index in [1.807, 2.05) is 12.1 Å². The summed E-state index contributed by atoms with van der Waals surface area (Å²) >= 11 is 7.51. The highest BCUT2D eigenvalue weighted by Gasteiger charge is 2.16. The highest BCUT2D eigenvalue weighted by Crippen LogP contribution is 2.25. The quantitative estimate of drug-likeness (QED) is 0.520. The third-order valence-electron chi connectivity index (χ3n) is 3.66. The number of hydrogen-bond donors (Lipinski definition) is 0. The number of rotatable bonds is 4. The summed E-state index contributed by atoms with van der Waals surface area (Å²) in [5.41, 5.74) is 0.932. The number of hydrogen-bond acceptors (Lipinski definition) is 4. The van der Waals surface area contributed by atoms with Crippen molar-refractivity contribution < 1.29 is 4.79 Å². The van der Waals surface area contributed by atoms with Crippen LogP contribution in [0.5, 0.6) is 0 Å². The number of benzene rings is 2. The predicted molar refractivity (Wildman–Crippen MR) is 102 cm³/mol. The average Bonchev–Trinajstić information content (AvgIpc) is 2.60. The van der Waals surface area contributed by atoms with Crippen molar-refractivity contribution in [3.8, 4) is 5.69 Å². The summed E-state index contributed by atoms with van der Waals surface area (Å²) in [4.78, 5) is 31.1. The van der Waals surface area contributed by atoms with Gasteiger partial charge in [-0.1, -0.05) is 47.6 Å². The molecule has 0 spiro atoms. The van der Waals surface area contributed by atoms with Gasteiger partial charge < -0.3 is 4.90 Å². The van der Waals surface area contributed by atoms with E-state index >= 15 is 0 Å². The van der Waals surface area contributed by atoms with Crippen LogP contribution < -0.4 is 5.56 Å². The number of nitrogens with zero attached hydrogens (tertiary/aromatic N) is 3. The molecule has 1 amide bonds. The lowest BCUT2D eigenvalue weighted by molar-refractivity contribution is -0.125. The van der Waals surface area contributed by atoms with Gasteiger partial charge in [0.25, 0.3) is 5.56 Å². The van der Waals surface area contributed by atoms with E-state index in [-0.39, 0.29) is 17.2 Å². The fourth-order valence-electron chi connectivity index (χ4n) is 2.31. The Bertz CT molecular complexity index is 1000. The normalized spacial score (nSPS) is 10.8. The van der Waals surface area contributed by atoms with E-state index in [1.54, 1.807) is 50.5 Å². The Kier molecular flexibility index (Phi) is 5.11. The lowest BCUT2D eigenvalue weighted by Crippen LogP contribution is -2.25. The van der Waals surface area contributed by atoms with Gasteiger partial charge in [0, 0.05) is 14.1 Å². The molecule has 128 valence electrons. The maximum Gasteiger partial charge on any atom is 0.266 e. The average molecular weight is 374 g/mol. The number of halogens is 1. The van der Waals surface area contributed by atoms with Crippen LogP contribution in [-0.2, 0) is 4.79 Å². The van der Waals surface area contributed by atoms with Gasteiger partial charge in [-0.05, 0) is 24.3 Å². The third kappa shape index (κ3) is 3.55. The van der Waals surface area contributed by atoms with Gasteiger partial charge in [0.05, 0.1) is 27.4 Å². The molecule has 3 aromatic rings. The van der Waals surface area contributed by atoms with Crippen LogP contribution in [0.15, 0.2) is 58.5 Å². The Balaban J connectivity index is 2.20. The van der Waals surface area contributed by atoms with Crippen molar-refractivity contribution >= 4 is 40.2 Å². The van der Waals surface area contributed by atoms with Crippen LogP contribution in [0.2, 0.25) is 5.02 Å². The van der Waals surface area contributed by atoms with Crippen LogP contribution in [-0.4, -0.2) is 40.2 Å². The standard InChI is InChI=1S/C18H16ClN3O2S/c1-21(2)16(23)11-25-18-20-14-9-5-3-7-12(14)17(24)22(18)15-10-6-4-8-13(15)19/h3-10H,11H2,1-2H3. The number of thioether (sulfide) groups is 1. The number of carbonyl (C=O) groups is 1. The Hall–Kier alpha value is -2.31. The van der Waals surface area contributed by atoms with Crippen LogP contribution in [0.4, 0.5) is 0 Å². The van der Waals surface area contributed by atoms with Crippen LogP contribution in [0.1, 0.15) is 0 Å². The van der Waals surface area contributed by atoms with E-state index in [0.29, 0.717) is 26.8 Å². The first-order chi connectivity index (χ1) is 12.0. The predicted octanol–water partition coefficient (Wildman–Crippen LogP) is 3.22. The summed E-state index contributed by atoms with van der Waals surface area (Å²) in [6.45, 7) is 0. The zero-order valence-electron chi connectivity index (χ0n) is 13.8. The number of para-hydroxylation sites is 2. The van der Waals surface area contributed by atoms with Gasteiger partial charge in [0.1, 0.15) is 0 Å². The van der Waals surface area contributed by atoms with E-state index in [0.717, 1.165) is 0 Å². The molecule has 0 aliphatic carbocycles. The molecule has 2 aromatic carbocycles. The number of fused-ring (bicyclic) bond motifs is 1. The second-order valence-electron chi connectivity index (χ2n) is 5.58. The van der Waals surface area contributed by atoms with Crippen LogP contribution in [0.3, 0.4) is 0 Å². The Morgan fingerprint density at radius 1 is 1.16 bits per heavy atom. The molecular formula is C18H16ClN3O2S. The number of carbonyl (C=O) groups excluding carboxylic acids is 1. The first kappa shape index (κ1) is 17.5. The molecule has 5 nitrogen and oxygen atoms in total. The summed E-state index contributed by atoms with van der Waals surface area (Å²) in [5, 5.41) is 1.39. The molecule has 0 N–H and O–H groups in total. The van der Waals surface area contributed by atoms with Gasteiger partial charge in [0.15, 0.2) is 5.16 Å². The summed E-state index contributed by atoms with van der Waals surface area (Å²) < 4.78 is 1.47. The first-order valence-electron chi connectivity index (χ1n) is 7.58. The molecule has 0 saturated heterocycles. The molecule has 1 heterocycles. The van der Waals surface area contributed by atoms with Crippen molar-refractivity contribution in [2.45, 2.75) is 5.16 Å².